The van der Waals surface area contributed by atoms with Gasteiger partial charge in [-0.05, 0) is 30.5 Å². The SMILES string of the molecule is NC(=O)[C@H](Cc1ccccc1)NC(=O)[C@H](CCCN=C(N)N)NC(=O)/C=C/c1ccccc1O. The number of phenolic OH excluding ortho intramolecular Hbond substituents is 1. The zero-order chi connectivity index (χ0) is 24.9. The Bertz CT molecular complexity index is 1030. The molecule has 0 bridgehead atoms. The highest BCUT2D eigenvalue weighted by molar-refractivity contribution is 5.96. The summed E-state index contributed by atoms with van der Waals surface area (Å²) in [6, 6.07) is 13.7. The van der Waals surface area contributed by atoms with E-state index in [9.17, 15) is 19.5 Å². The third kappa shape index (κ3) is 9.03. The van der Waals surface area contributed by atoms with Crippen molar-refractivity contribution < 1.29 is 19.5 Å². The molecule has 0 aliphatic heterocycles. The second-order valence-electron chi connectivity index (χ2n) is 7.56. The van der Waals surface area contributed by atoms with Crippen molar-refractivity contribution in [1.29, 1.82) is 0 Å². The average Bonchev–Trinajstić information content (AvgIpc) is 2.80. The van der Waals surface area contributed by atoms with Crippen molar-refractivity contribution in [3.05, 3.63) is 71.8 Å². The van der Waals surface area contributed by atoms with Gasteiger partial charge in [-0.1, -0.05) is 48.5 Å². The number of hydrogen-bond acceptors (Lipinski definition) is 5. The first-order valence-electron chi connectivity index (χ1n) is 10.7. The number of para-hydroxylation sites is 1. The van der Waals surface area contributed by atoms with Crippen LogP contribution in [0.5, 0.6) is 5.75 Å². The van der Waals surface area contributed by atoms with Gasteiger partial charge >= 0.3 is 0 Å². The molecule has 2 aromatic carbocycles. The lowest BCUT2D eigenvalue weighted by atomic mass is 10.0. The smallest absolute Gasteiger partial charge is 0.244 e. The molecule has 0 heterocycles. The molecule has 2 atom stereocenters. The maximum absolute atomic E-state index is 13.0. The molecule has 3 amide bonds. The summed E-state index contributed by atoms with van der Waals surface area (Å²) < 4.78 is 0. The van der Waals surface area contributed by atoms with Gasteiger partial charge in [-0.15, -0.1) is 0 Å². The summed E-state index contributed by atoms with van der Waals surface area (Å²) in [5.41, 5.74) is 17.4. The predicted molar refractivity (Wildman–Crippen MR) is 130 cm³/mol. The minimum atomic E-state index is -0.964. The number of aromatic hydroxyl groups is 1. The first-order chi connectivity index (χ1) is 16.3. The fraction of sp³-hybridized carbons (Fsp3) is 0.250. The molecule has 34 heavy (non-hydrogen) atoms. The van der Waals surface area contributed by atoms with Crippen molar-refractivity contribution in [1.82, 2.24) is 10.6 Å². The standard InChI is InChI=1S/C24H30N6O4/c25-22(33)19(15-16-7-2-1-3-8-16)30-23(34)18(10-6-14-28-24(26)27)29-21(32)13-12-17-9-4-5-11-20(17)31/h1-5,7-9,11-13,18-19,31H,6,10,14-15H2,(H2,25,33)(H,29,32)(H,30,34)(H4,26,27,28)/b13-12+/t18-,19-/m0/s1. The molecule has 0 radical (unpaired) electrons. The van der Waals surface area contributed by atoms with Crippen LogP contribution in [0.25, 0.3) is 6.08 Å². The number of benzene rings is 2. The first kappa shape index (κ1) is 25.9. The minimum Gasteiger partial charge on any atom is -0.507 e. The number of primary amides is 1. The Hall–Kier alpha value is -4.34. The normalized spacial score (nSPS) is 12.5. The maximum atomic E-state index is 13.0. The lowest BCUT2D eigenvalue weighted by molar-refractivity contribution is -0.130. The van der Waals surface area contributed by atoms with Gasteiger partial charge < -0.3 is 32.9 Å². The van der Waals surface area contributed by atoms with Crippen LogP contribution in [-0.2, 0) is 20.8 Å². The Morgan fingerprint density at radius 3 is 2.26 bits per heavy atom. The molecule has 0 saturated heterocycles. The highest BCUT2D eigenvalue weighted by atomic mass is 16.3. The number of phenols is 1. The van der Waals surface area contributed by atoms with Crippen LogP contribution in [0.15, 0.2) is 65.7 Å². The first-order valence-corrected chi connectivity index (χ1v) is 10.7. The number of amides is 3. The van der Waals surface area contributed by atoms with Gasteiger partial charge in [-0.3, -0.25) is 19.4 Å². The number of nitrogens with two attached hydrogens (primary N) is 3. The fourth-order valence-electron chi connectivity index (χ4n) is 3.13. The van der Waals surface area contributed by atoms with Crippen LogP contribution in [0.3, 0.4) is 0 Å². The van der Waals surface area contributed by atoms with E-state index in [1.54, 1.807) is 18.2 Å². The molecule has 0 aliphatic carbocycles. The Balaban J connectivity index is 2.09. The lowest BCUT2D eigenvalue weighted by Gasteiger charge is -2.21. The average molecular weight is 467 g/mol. The second kappa shape index (κ2) is 13.3. The Morgan fingerprint density at radius 2 is 1.62 bits per heavy atom. The molecule has 10 nitrogen and oxygen atoms in total. The summed E-state index contributed by atoms with van der Waals surface area (Å²) in [6.07, 6.45) is 3.47. The Morgan fingerprint density at radius 1 is 0.941 bits per heavy atom. The van der Waals surface area contributed by atoms with E-state index in [1.807, 2.05) is 30.3 Å². The van der Waals surface area contributed by atoms with E-state index >= 15 is 0 Å². The van der Waals surface area contributed by atoms with Crippen molar-refractivity contribution in [3.8, 4) is 5.75 Å². The summed E-state index contributed by atoms with van der Waals surface area (Å²) >= 11 is 0. The molecule has 0 spiro atoms. The van der Waals surface area contributed by atoms with Gasteiger partial charge in [0.15, 0.2) is 5.96 Å². The van der Waals surface area contributed by atoms with E-state index in [1.165, 1.54) is 18.2 Å². The van der Waals surface area contributed by atoms with Crippen LogP contribution in [0.4, 0.5) is 0 Å². The van der Waals surface area contributed by atoms with Crippen molar-refractivity contribution in [2.45, 2.75) is 31.3 Å². The van der Waals surface area contributed by atoms with Gasteiger partial charge in [-0.2, -0.15) is 0 Å². The van der Waals surface area contributed by atoms with Crippen molar-refractivity contribution in [2.75, 3.05) is 6.54 Å². The lowest BCUT2D eigenvalue weighted by Crippen LogP contribution is -2.53. The number of hydrogen-bond donors (Lipinski definition) is 6. The van der Waals surface area contributed by atoms with Crippen LogP contribution in [0.1, 0.15) is 24.0 Å². The highest BCUT2D eigenvalue weighted by Gasteiger charge is 2.25. The molecule has 2 rings (SSSR count). The van der Waals surface area contributed by atoms with E-state index in [0.717, 1.165) is 5.56 Å². The van der Waals surface area contributed by atoms with Gasteiger partial charge in [0.05, 0.1) is 0 Å². The minimum absolute atomic E-state index is 0.0169. The van der Waals surface area contributed by atoms with Crippen LogP contribution in [0, 0.1) is 0 Å². The number of nitrogens with one attached hydrogen (secondary N) is 2. The van der Waals surface area contributed by atoms with Gasteiger partial charge in [0.25, 0.3) is 0 Å². The highest BCUT2D eigenvalue weighted by Crippen LogP contribution is 2.16. The Kier molecular flexibility index (Phi) is 10.1. The number of guanidine groups is 1. The van der Waals surface area contributed by atoms with E-state index in [0.29, 0.717) is 12.0 Å². The van der Waals surface area contributed by atoms with E-state index in [4.69, 9.17) is 17.2 Å². The molecule has 0 saturated carbocycles. The quantitative estimate of drug-likeness (QED) is 0.112. The van der Waals surface area contributed by atoms with Gasteiger partial charge in [0.2, 0.25) is 17.7 Å². The maximum Gasteiger partial charge on any atom is 0.244 e. The zero-order valence-electron chi connectivity index (χ0n) is 18.7. The monoisotopic (exact) mass is 466 g/mol. The van der Waals surface area contributed by atoms with Crippen LogP contribution in [0.2, 0.25) is 0 Å². The third-order valence-corrected chi connectivity index (χ3v) is 4.87. The van der Waals surface area contributed by atoms with E-state index in [-0.39, 0.29) is 31.1 Å². The van der Waals surface area contributed by atoms with Crippen molar-refractivity contribution in [2.24, 2.45) is 22.2 Å². The number of carbonyl (C=O) groups excluding carboxylic acids is 3. The van der Waals surface area contributed by atoms with E-state index < -0.39 is 29.8 Å². The second-order valence-corrected chi connectivity index (χ2v) is 7.56. The van der Waals surface area contributed by atoms with Crippen molar-refractivity contribution in [3.63, 3.8) is 0 Å². The number of nitrogens with zero attached hydrogens (tertiary/aromatic N) is 1. The van der Waals surface area contributed by atoms with Crippen LogP contribution < -0.4 is 27.8 Å². The van der Waals surface area contributed by atoms with Gasteiger partial charge in [0.1, 0.15) is 17.8 Å². The third-order valence-electron chi connectivity index (χ3n) is 4.87. The molecular formula is C24H30N6O4. The summed E-state index contributed by atoms with van der Waals surface area (Å²) in [7, 11) is 0. The summed E-state index contributed by atoms with van der Waals surface area (Å²) in [5.74, 6) is -1.87. The predicted octanol–water partition coefficient (Wildman–Crippen LogP) is 0.157. The Labute approximate surface area is 197 Å². The summed E-state index contributed by atoms with van der Waals surface area (Å²) in [4.78, 5) is 41.3. The molecule has 0 aliphatic rings. The summed E-state index contributed by atoms with van der Waals surface area (Å²) in [5, 5.41) is 15.1. The van der Waals surface area contributed by atoms with Gasteiger partial charge in [0, 0.05) is 24.6 Å². The molecule has 9 N–H and O–H groups in total. The largest absolute Gasteiger partial charge is 0.507 e. The molecule has 0 fully saturated rings. The molecule has 0 unspecified atom stereocenters. The fourth-order valence-corrected chi connectivity index (χ4v) is 3.13. The molecular weight excluding hydrogens is 436 g/mol. The van der Waals surface area contributed by atoms with Crippen LogP contribution in [-0.4, -0.2) is 47.4 Å². The van der Waals surface area contributed by atoms with Gasteiger partial charge in [-0.25, -0.2) is 0 Å². The van der Waals surface area contributed by atoms with Crippen LogP contribution >= 0.6 is 0 Å². The molecule has 2 aromatic rings. The number of carbonyl (C=O) groups is 3. The molecule has 0 aromatic heterocycles. The van der Waals surface area contributed by atoms with Crippen molar-refractivity contribution >= 4 is 29.8 Å². The topological polar surface area (TPSA) is 186 Å². The summed E-state index contributed by atoms with van der Waals surface area (Å²) in [6.45, 7) is 0.263. The molecule has 180 valence electrons. The van der Waals surface area contributed by atoms with E-state index in [2.05, 4.69) is 15.6 Å². The number of aliphatic imine (C=N–C) groups is 1. The molecule has 10 heteroatoms. The zero-order valence-corrected chi connectivity index (χ0v) is 18.7. The number of rotatable bonds is 12.